The molecule has 5 nitrogen and oxygen atoms in total. The van der Waals surface area contributed by atoms with Gasteiger partial charge in [-0.2, -0.15) is 0 Å². The normalized spacial score (nSPS) is 21.6. The predicted molar refractivity (Wildman–Crippen MR) is 258 cm³/mol. The van der Waals surface area contributed by atoms with Gasteiger partial charge in [-0.3, -0.25) is 0 Å². The van der Waals surface area contributed by atoms with Crippen molar-refractivity contribution in [3.05, 3.63) is 186 Å². The molecule has 0 fully saturated rings. The summed E-state index contributed by atoms with van der Waals surface area (Å²) in [4.78, 5) is 13.7. The molecule has 0 saturated carbocycles. The van der Waals surface area contributed by atoms with Crippen molar-refractivity contribution in [2.45, 2.75) is 19.1 Å². The molecule has 14 rings (SSSR count). The fraction of sp³-hybridized carbons (Fsp3) is 0.0517. The van der Waals surface area contributed by atoms with E-state index in [4.69, 9.17) is 33.5 Å². The lowest BCUT2D eigenvalue weighted by Crippen LogP contribution is -2.14. The average molecular weight is 841 g/mol. The largest absolute Gasteiger partial charge is 0.456 e. The Bertz CT molecular complexity index is 6060. The average Bonchev–Trinajstić information content (AvgIpc) is 1.40. The fourth-order valence-electron chi connectivity index (χ4n) is 8.04. The summed E-state index contributed by atoms with van der Waals surface area (Å²) < 4.78 is 332. The molecule has 0 N–H and O–H groups in total. The van der Waals surface area contributed by atoms with E-state index in [0.717, 1.165) is 0 Å². The Hall–Kier alpha value is -8.15. The molecule has 10 aromatic carbocycles. The molecule has 0 aliphatic heterocycles. The van der Waals surface area contributed by atoms with E-state index in [1.807, 2.05) is 0 Å². The molecular weight excluding hydrogens is 771 g/mol. The summed E-state index contributed by atoms with van der Waals surface area (Å²) in [7, 11) is 0. The molecule has 1 aliphatic rings. The van der Waals surface area contributed by atoms with Crippen LogP contribution in [0.2, 0.25) is 0 Å². The molecule has 3 aromatic heterocycles. The van der Waals surface area contributed by atoms with E-state index in [1.165, 1.54) is 0 Å². The first-order valence-electron chi connectivity index (χ1n) is 36.2. The second kappa shape index (κ2) is 12.5. The molecule has 294 valence electrons. The van der Waals surface area contributed by atoms with Gasteiger partial charge in [-0.15, -0.1) is 0 Å². The number of fused-ring (bicyclic) bond motifs is 16. The summed E-state index contributed by atoms with van der Waals surface area (Å²) >= 11 is 0. The van der Waals surface area contributed by atoms with Crippen LogP contribution in [0.15, 0.2) is 184 Å². The highest BCUT2D eigenvalue weighted by molar-refractivity contribution is 6.27. The minimum absolute atomic E-state index is 0.496. The molecule has 1 aliphatic carbocycles. The molecule has 0 unspecified atom stereocenters. The number of nitrogens with zero attached hydrogens (tertiary/aromatic N) is 3. The summed E-state index contributed by atoms with van der Waals surface area (Å²) in [5.74, 6) is -3.05. The van der Waals surface area contributed by atoms with E-state index in [1.54, 1.807) is 0 Å². The maximum Gasteiger partial charge on any atom is 0.164 e. The van der Waals surface area contributed by atoms with Crippen molar-refractivity contribution in [3.8, 4) is 45.3 Å². The van der Waals surface area contributed by atoms with Crippen LogP contribution in [0.4, 0.5) is 0 Å². The van der Waals surface area contributed by atoms with E-state index in [0.29, 0.717) is 0 Å². The topological polar surface area (TPSA) is 65.0 Å². The van der Waals surface area contributed by atoms with Crippen molar-refractivity contribution in [3.63, 3.8) is 0 Å². The summed E-state index contributed by atoms with van der Waals surface area (Å²) in [6.07, 6.45) is 0. The molecule has 0 spiro atoms. The summed E-state index contributed by atoms with van der Waals surface area (Å²) in [5.41, 5.74) is -13.1. The van der Waals surface area contributed by atoms with E-state index >= 15 is 0 Å². The van der Waals surface area contributed by atoms with Crippen molar-refractivity contribution in [2.75, 3.05) is 0 Å². The zero-order valence-corrected chi connectivity index (χ0v) is 31.2. The lowest BCUT2D eigenvalue weighted by Gasteiger charge is -2.21. The SMILES string of the molecule is [2H]c1c([2H])c([2H])c2c(c1[2H])-c1c(c([2H])c3oc4c([2H])c([2H])c([2H])c(-c5nc(-c6c([2H])c([2H])c7oc8c([2H])c([2H])c([2H])c([2H])c8c7c6[2H])nc(-c6c([2H])c([2H])c7c([2H])c([2H])c8c([2H])c([2H])c9c([2H])c([2H])c%10c([2H])c([2H])c([2H])c([2H])c%10c9c8c7c6[2H])n5)c4c3c1[2H])C2(C([2H])([2H])[2H])C([2H])([2H])[2H]. The van der Waals surface area contributed by atoms with Crippen LogP contribution in [0.1, 0.15) is 72.8 Å². The Morgan fingerprint density at radius 2 is 0.968 bits per heavy atom. The highest BCUT2D eigenvalue weighted by Gasteiger charge is 2.36. The van der Waals surface area contributed by atoms with Gasteiger partial charge in [0.25, 0.3) is 0 Å². The Kier molecular flexibility index (Phi) is 2.97. The third-order valence-corrected chi connectivity index (χ3v) is 10.8. The molecular formula is C58H35N3O2. The molecule has 13 aromatic rings. The van der Waals surface area contributed by atoms with Gasteiger partial charge in [0, 0.05) is 51.9 Å². The minimum Gasteiger partial charge on any atom is -0.456 e. The smallest absolute Gasteiger partial charge is 0.164 e. The molecule has 5 heteroatoms. The summed E-state index contributed by atoms with van der Waals surface area (Å²) in [6, 6.07) is -28.0. The third-order valence-electron chi connectivity index (χ3n) is 10.8. The minimum atomic E-state index is -3.85. The second-order valence-corrected chi connectivity index (χ2v) is 14.3. The second-order valence-electron chi connectivity index (χ2n) is 14.3. The fourth-order valence-corrected chi connectivity index (χ4v) is 8.04. The van der Waals surface area contributed by atoms with Crippen LogP contribution in [-0.4, -0.2) is 15.0 Å². The predicted octanol–water partition coefficient (Wildman–Crippen LogP) is 15.6. The Labute approximate surface area is 410 Å². The molecule has 0 radical (unpaired) electrons. The third kappa shape index (κ3) is 4.90. The van der Waals surface area contributed by atoms with E-state index in [9.17, 15) is 23.3 Å². The van der Waals surface area contributed by atoms with E-state index < -0.39 is 338 Å². The number of hydrogen-bond acceptors (Lipinski definition) is 5. The monoisotopic (exact) mass is 840 g/mol. The number of furan rings is 2. The quantitative estimate of drug-likeness (QED) is 0.166. The number of aromatic nitrogens is 3. The van der Waals surface area contributed by atoms with Gasteiger partial charge < -0.3 is 8.83 Å². The van der Waals surface area contributed by atoms with Crippen molar-refractivity contribution in [2.24, 2.45) is 0 Å². The standard InChI is InChI=1S/C58H35N3O2/c1-58(2)46-15-7-5-12-39(46)43-30-45-51(31-47(43)58)63-50-17-9-14-41(54(45)50)57-60-55(59-56(61-57)37-26-27-49-44(29-37)40-13-6-8-16-48(40)62-49)36-25-20-33-19-22-35-24-23-34-21-18-32-10-3-4-11-38(32)52(34)53(35)42(33)28-36/h3-31H,1-2H3/i1D3,2D3,3D,4D,5D,6D,7D,8D,9D,10D,11D,12D,13D,14D,15D,16D,17D,18D,19D,20D,21D,22D,23D,24D,25D,26D,27D,28D,29D,30D,31D. The number of para-hydroxylation sites is 1. The molecule has 0 saturated heterocycles. The first kappa shape index (κ1) is 15.0. The number of hydrogen-bond donors (Lipinski definition) is 0. The molecule has 3 heterocycles. The van der Waals surface area contributed by atoms with Gasteiger partial charge in [-0.05, 0) is 114 Å². The number of benzene rings is 10. The van der Waals surface area contributed by atoms with Crippen LogP contribution >= 0.6 is 0 Å². The molecule has 0 amide bonds. The lowest BCUT2D eigenvalue weighted by atomic mass is 9.82. The first-order valence-corrected chi connectivity index (χ1v) is 18.7. The van der Waals surface area contributed by atoms with Gasteiger partial charge in [0.05, 0.1) is 39.8 Å². The highest BCUT2D eigenvalue weighted by atomic mass is 16.3. The van der Waals surface area contributed by atoms with Crippen molar-refractivity contribution in [1.82, 2.24) is 15.0 Å². The first-order chi connectivity index (χ1) is 45.6. The Morgan fingerprint density at radius 3 is 1.79 bits per heavy atom. The van der Waals surface area contributed by atoms with Crippen LogP contribution in [0.5, 0.6) is 0 Å². The van der Waals surface area contributed by atoms with Crippen molar-refractivity contribution >= 4 is 87.0 Å². The van der Waals surface area contributed by atoms with E-state index in [2.05, 4.69) is 15.0 Å². The van der Waals surface area contributed by atoms with Crippen LogP contribution in [0.3, 0.4) is 0 Å². The summed E-state index contributed by atoms with van der Waals surface area (Å²) in [6.45, 7) is -7.71. The van der Waals surface area contributed by atoms with Crippen molar-refractivity contribution < 1.29 is 56.8 Å². The van der Waals surface area contributed by atoms with Crippen LogP contribution in [-0.2, 0) is 5.41 Å². The van der Waals surface area contributed by atoms with E-state index in [-0.39, 0.29) is 0 Å². The van der Waals surface area contributed by atoms with Crippen LogP contribution < -0.4 is 0 Å². The molecule has 0 bridgehead atoms. The highest BCUT2D eigenvalue weighted by Crippen LogP contribution is 2.51. The maximum atomic E-state index is 10.3. The van der Waals surface area contributed by atoms with Gasteiger partial charge in [0.2, 0.25) is 0 Å². The van der Waals surface area contributed by atoms with Gasteiger partial charge >= 0.3 is 0 Å². The Morgan fingerprint density at radius 1 is 0.381 bits per heavy atom. The number of rotatable bonds is 3. The maximum absolute atomic E-state index is 10.3. The summed E-state index contributed by atoms with van der Waals surface area (Å²) in [5, 5.41) is -7.62. The van der Waals surface area contributed by atoms with Gasteiger partial charge in [-0.1, -0.05) is 141 Å². The van der Waals surface area contributed by atoms with Gasteiger partial charge in [0.15, 0.2) is 17.5 Å². The van der Waals surface area contributed by atoms with Crippen LogP contribution in [0, 0.1) is 0 Å². The van der Waals surface area contributed by atoms with Gasteiger partial charge in [0.1, 0.15) is 22.3 Å². The zero-order valence-electron chi connectivity index (χ0n) is 66.2. The zero-order chi connectivity index (χ0) is 71.8. The molecule has 63 heavy (non-hydrogen) atoms. The Balaban J connectivity index is 1.22. The van der Waals surface area contributed by atoms with Crippen molar-refractivity contribution in [1.29, 1.82) is 0 Å². The van der Waals surface area contributed by atoms with Crippen LogP contribution in [0.25, 0.3) is 132 Å². The van der Waals surface area contributed by atoms with Gasteiger partial charge in [-0.25, -0.2) is 15.0 Å². The lowest BCUT2D eigenvalue weighted by molar-refractivity contribution is 0.647. The molecule has 0 atom stereocenters.